The number of rotatable bonds is 2. The summed E-state index contributed by atoms with van der Waals surface area (Å²) in [6.45, 7) is 13.7. The van der Waals surface area contributed by atoms with Crippen LogP contribution in [0.1, 0.15) is 59.8 Å². The number of hydrogen-bond donors (Lipinski definition) is 2. The normalized spacial score (nSPS) is 41.7. The van der Waals surface area contributed by atoms with E-state index in [9.17, 15) is 10.2 Å². The van der Waals surface area contributed by atoms with E-state index in [2.05, 4.69) is 40.8 Å². The van der Waals surface area contributed by atoms with Crippen molar-refractivity contribution in [3.8, 4) is 0 Å². The molecule has 0 aromatic rings. The highest BCUT2D eigenvalue weighted by Crippen LogP contribution is 2.53. The zero-order chi connectivity index (χ0) is 16.1. The molecule has 0 aliphatic heterocycles. The summed E-state index contributed by atoms with van der Waals surface area (Å²) in [6, 6.07) is 0. The highest BCUT2D eigenvalue weighted by Gasteiger charge is 2.53. The van der Waals surface area contributed by atoms with Crippen molar-refractivity contribution in [1.82, 2.24) is 0 Å². The van der Waals surface area contributed by atoms with Crippen LogP contribution < -0.4 is 0 Å². The van der Waals surface area contributed by atoms with Gasteiger partial charge < -0.3 is 14.6 Å². The maximum atomic E-state index is 10.4. The van der Waals surface area contributed by atoms with Gasteiger partial charge in [-0.2, -0.15) is 0 Å². The first-order valence-corrected chi connectivity index (χ1v) is 11.4. The molecule has 2 fully saturated rings. The van der Waals surface area contributed by atoms with E-state index in [1.807, 2.05) is 0 Å². The Balaban J connectivity index is 2.20. The van der Waals surface area contributed by atoms with E-state index < -0.39 is 8.32 Å². The minimum atomic E-state index is -1.80. The maximum absolute atomic E-state index is 10.4. The van der Waals surface area contributed by atoms with Crippen molar-refractivity contribution >= 4 is 8.32 Å². The Morgan fingerprint density at radius 2 is 1.71 bits per heavy atom. The zero-order valence-electron chi connectivity index (χ0n) is 14.6. The van der Waals surface area contributed by atoms with Gasteiger partial charge in [0, 0.05) is 0 Å². The topological polar surface area (TPSA) is 49.7 Å². The second-order valence-electron chi connectivity index (χ2n) is 9.05. The van der Waals surface area contributed by atoms with Gasteiger partial charge in [-0.3, -0.25) is 0 Å². The summed E-state index contributed by atoms with van der Waals surface area (Å²) in [5.74, 6) is 0.185. The van der Waals surface area contributed by atoms with Gasteiger partial charge >= 0.3 is 0 Å². The van der Waals surface area contributed by atoms with Gasteiger partial charge in [0.1, 0.15) is 0 Å². The van der Waals surface area contributed by atoms with Crippen LogP contribution in [-0.4, -0.2) is 36.8 Å². The van der Waals surface area contributed by atoms with Crippen LogP contribution in [-0.2, 0) is 4.43 Å². The first kappa shape index (κ1) is 17.5. The number of fused-ring (bicyclic) bond motifs is 1. The van der Waals surface area contributed by atoms with Gasteiger partial charge in [0.2, 0.25) is 0 Å². The average Bonchev–Trinajstić information content (AvgIpc) is 2.34. The van der Waals surface area contributed by atoms with Gasteiger partial charge in [0.25, 0.3) is 0 Å². The fraction of sp³-hybridized carbons (Fsp3) is 1.00. The smallest absolute Gasteiger partial charge is 0.192 e. The minimum absolute atomic E-state index is 0.0203. The standard InChI is InChI=1S/C17H34O3Si/c1-16(2,3)21(5,6)20-15-8-7-14(19)13-11-12(18)9-10-17(13,15)4/h12-15,18-19H,7-11H2,1-6H3/t12-,13+,14+,15-,17-/m0/s1. The molecule has 2 aliphatic rings. The Morgan fingerprint density at radius 3 is 2.29 bits per heavy atom. The highest BCUT2D eigenvalue weighted by molar-refractivity contribution is 6.74. The lowest BCUT2D eigenvalue weighted by Gasteiger charge is -2.55. The molecular formula is C17H34O3Si. The van der Waals surface area contributed by atoms with Crippen molar-refractivity contribution in [2.45, 2.75) is 96.2 Å². The van der Waals surface area contributed by atoms with Crippen LogP contribution in [0.15, 0.2) is 0 Å². The first-order valence-electron chi connectivity index (χ1n) is 8.51. The summed E-state index contributed by atoms with van der Waals surface area (Å²) in [5.41, 5.74) is 0.0203. The van der Waals surface area contributed by atoms with Gasteiger partial charge in [0.15, 0.2) is 8.32 Å². The maximum Gasteiger partial charge on any atom is 0.192 e. The van der Waals surface area contributed by atoms with E-state index >= 15 is 0 Å². The second kappa shape index (κ2) is 5.62. The summed E-state index contributed by atoms with van der Waals surface area (Å²) >= 11 is 0. The van der Waals surface area contributed by atoms with Gasteiger partial charge in [-0.05, 0) is 61.6 Å². The molecule has 0 aromatic carbocycles. The van der Waals surface area contributed by atoms with Gasteiger partial charge in [-0.15, -0.1) is 0 Å². The summed E-state index contributed by atoms with van der Waals surface area (Å²) < 4.78 is 6.75. The molecule has 5 atom stereocenters. The Morgan fingerprint density at radius 1 is 1.10 bits per heavy atom. The SMILES string of the molecule is CC(C)(C)[Si](C)(C)O[C@H]1CC[C@@H](O)[C@H]2C[C@@H](O)CC[C@]12C. The minimum Gasteiger partial charge on any atom is -0.413 e. The second-order valence-corrected chi connectivity index (χ2v) is 13.8. The Hall–Kier alpha value is 0.0969. The third-order valence-corrected chi connectivity index (χ3v) is 11.0. The van der Waals surface area contributed by atoms with Crippen LogP contribution in [0.4, 0.5) is 0 Å². The molecule has 3 nitrogen and oxygen atoms in total. The van der Waals surface area contributed by atoms with Crippen LogP contribution in [0.5, 0.6) is 0 Å². The van der Waals surface area contributed by atoms with Crippen molar-refractivity contribution in [2.24, 2.45) is 11.3 Å². The fourth-order valence-corrected chi connectivity index (χ4v) is 5.37. The molecule has 21 heavy (non-hydrogen) atoms. The molecule has 0 heterocycles. The van der Waals surface area contributed by atoms with E-state index in [0.717, 1.165) is 32.1 Å². The predicted octanol–water partition coefficient (Wildman–Crippen LogP) is 3.70. The fourth-order valence-electron chi connectivity index (χ4n) is 3.92. The lowest BCUT2D eigenvalue weighted by molar-refractivity contribution is -0.134. The van der Waals surface area contributed by atoms with Crippen LogP contribution in [0.3, 0.4) is 0 Å². The molecule has 2 N–H and O–H groups in total. The summed E-state index contributed by atoms with van der Waals surface area (Å²) in [4.78, 5) is 0. The molecule has 0 spiro atoms. The third kappa shape index (κ3) is 3.24. The zero-order valence-corrected chi connectivity index (χ0v) is 15.6. The Kier molecular flexibility index (Phi) is 4.67. The van der Waals surface area contributed by atoms with Crippen molar-refractivity contribution in [1.29, 1.82) is 0 Å². The molecule has 0 bridgehead atoms. The molecule has 2 saturated carbocycles. The lowest BCUT2D eigenvalue weighted by Crippen LogP contribution is -2.57. The van der Waals surface area contributed by atoms with Crippen LogP contribution in [0, 0.1) is 11.3 Å². The van der Waals surface area contributed by atoms with Crippen LogP contribution in [0.25, 0.3) is 0 Å². The quantitative estimate of drug-likeness (QED) is 0.764. The van der Waals surface area contributed by atoms with E-state index in [1.54, 1.807) is 0 Å². The molecule has 0 radical (unpaired) electrons. The Labute approximate surface area is 131 Å². The monoisotopic (exact) mass is 314 g/mol. The van der Waals surface area contributed by atoms with E-state index in [-0.39, 0.29) is 34.7 Å². The van der Waals surface area contributed by atoms with Crippen LogP contribution in [0.2, 0.25) is 18.1 Å². The molecule has 2 rings (SSSR count). The Bertz CT molecular complexity index is 377. The molecule has 4 heteroatoms. The van der Waals surface area contributed by atoms with E-state index in [0.29, 0.717) is 0 Å². The molecule has 2 aliphatic carbocycles. The largest absolute Gasteiger partial charge is 0.413 e. The predicted molar refractivity (Wildman–Crippen MR) is 88.8 cm³/mol. The molecule has 0 aromatic heterocycles. The van der Waals surface area contributed by atoms with Crippen molar-refractivity contribution in [3.63, 3.8) is 0 Å². The van der Waals surface area contributed by atoms with Crippen LogP contribution >= 0.6 is 0 Å². The van der Waals surface area contributed by atoms with Crippen molar-refractivity contribution in [2.75, 3.05) is 0 Å². The van der Waals surface area contributed by atoms with E-state index in [1.165, 1.54) is 0 Å². The number of hydrogen-bond acceptors (Lipinski definition) is 3. The van der Waals surface area contributed by atoms with Gasteiger partial charge in [-0.1, -0.05) is 27.7 Å². The highest BCUT2D eigenvalue weighted by atomic mass is 28.4. The molecular weight excluding hydrogens is 280 g/mol. The molecule has 0 unspecified atom stereocenters. The van der Waals surface area contributed by atoms with E-state index in [4.69, 9.17) is 4.43 Å². The molecule has 0 amide bonds. The van der Waals surface area contributed by atoms with Crippen molar-refractivity contribution in [3.05, 3.63) is 0 Å². The number of aliphatic hydroxyl groups is 2. The third-order valence-electron chi connectivity index (χ3n) is 6.56. The van der Waals surface area contributed by atoms with Gasteiger partial charge in [-0.25, -0.2) is 0 Å². The summed E-state index contributed by atoms with van der Waals surface area (Å²) in [7, 11) is -1.80. The van der Waals surface area contributed by atoms with Crippen molar-refractivity contribution < 1.29 is 14.6 Å². The molecule has 124 valence electrons. The summed E-state index contributed by atoms with van der Waals surface area (Å²) in [5, 5.41) is 20.6. The summed E-state index contributed by atoms with van der Waals surface area (Å²) in [6.07, 6.45) is 4.03. The first-order chi connectivity index (χ1) is 9.47. The molecule has 0 saturated heterocycles. The number of aliphatic hydroxyl groups excluding tert-OH is 2. The van der Waals surface area contributed by atoms with Gasteiger partial charge in [0.05, 0.1) is 18.3 Å². The average molecular weight is 315 g/mol. The lowest BCUT2D eigenvalue weighted by atomic mass is 9.57.